The first-order valence-corrected chi connectivity index (χ1v) is 8.19. The quantitative estimate of drug-likeness (QED) is 0.851. The lowest BCUT2D eigenvalue weighted by Gasteiger charge is -2.37. The molecular formula is C15H20N2O2S. The van der Waals surface area contributed by atoms with Crippen LogP contribution in [0.3, 0.4) is 0 Å². The first-order chi connectivity index (χ1) is 9.78. The number of anilines is 1. The molecule has 1 amide bonds. The van der Waals surface area contributed by atoms with Crippen molar-refractivity contribution in [3.05, 3.63) is 24.3 Å². The minimum Gasteiger partial charge on any atom is -0.497 e. The van der Waals surface area contributed by atoms with Crippen molar-refractivity contribution >= 4 is 23.4 Å². The van der Waals surface area contributed by atoms with E-state index in [0.717, 1.165) is 24.5 Å². The van der Waals surface area contributed by atoms with Crippen LogP contribution < -0.4 is 9.64 Å². The number of hydrogen-bond donors (Lipinski definition) is 0. The van der Waals surface area contributed by atoms with Crippen LogP contribution in [0, 0.1) is 0 Å². The Morgan fingerprint density at radius 2 is 2.25 bits per heavy atom. The van der Waals surface area contributed by atoms with Gasteiger partial charge in [-0.1, -0.05) is 6.07 Å². The van der Waals surface area contributed by atoms with Crippen LogP contribution in [0.1, 0.15) is 6.42 Å². The van der Waals surface area contributed by atoms with Gasteiger partial charge in [-0.05, 0) is 24.3 Å². The molecule has 2 heterocycles. The largest absolute Gasteiger partial charge is 0.497 e. The van der Waals surface area contributed by atoms with E-state index in [1.54, 1.807) is 7.11 Å². The molecule has 2 aliphatic rings. The number of amides is 1. The van der Waals surface area contributed by atoms with Gasteiger partial charge in [-0.15, -0.1) is 0 Å². The van der Waals surface area contributed by atoms with Crippen LogP contribution in [0.4, 0.5) is 5.69 Å². The van der Waals surface area contributed by atoms with Crippen molar-refractivity contribution in [2.75, 3.05) is 43.1 Å². The highest BCUT2D eigenvalue weighted by Gasteiger charge is 2.31. The van der Waals surface area contributed by atoms with E-state index in [-0.39, 0.29) is 5.91 Å². The number of rotatable bonds is 3. The minimum absolute atomic E-state index is 0.196. The Kier molecular flexibility index (Phi) is 4.17. The molecule has 2 aliphatic heterocycles. The fourth-order valence-corrected chi connectivity index (χ4v) is 4.12. The standard InChI is InChI=1S/C15H20N2O2S/c1-19-14-4-2-3-12(9-14)17-7-6-16(10-15(17)18)13-5-8-20-11-13/h2-4,9,13H,5-8,10-11H2,1H3/t13-/m1/s1. The fourth-order valence-electron chi connectivity index (χ4n) is 2.86. The van der Waals surface area contributed by atoms with Gasteiger partial charge in [-0.2, -0.15) is 11.8 Å². The molecule has 1 aromatic carbocycles. The Morgan fingerprint density at radius 1 is 1.35 bits per heavy atom. The Balaban J connectivity index is 1.69. The van der Waals surface area contributed by atoms with E-state index in [9.17, 15) is 4.79 Å². The Labute approximate surface area is 124 Å². The zero-order chi connectivity index (χ0) is 13.9. The monoisotopic (exact) mass is 292 g/mol. The number of thioether (sulfide) groups is 1. The molecule has 0 radical (unpaired) electrons. The smallest absolute Gasteiger partial charge is 0.241 e. The number of methoxy groups -OCH3 is 1. The first-order valence-electron chi connectivity index (χ1n) is 7.04. The molecule has 1 aromatic rings. The zero-order valence-corrected chi connectivity index (χ0v) is 12.6. The molecule has 0 N–H and O–H groups in total. The van der Waals surface area contributed by atoms with Gasteiger partial charge in [-0.3, -0.25) is 9.69 Å². The molecule has 0 bridgehead atoms. The number of carbonyl (C=O) groups is 1. The summed E-state index contributed by atoms with van der Waals surface area (Å²) in [5.74, 6) is 3.40. The van der Waals surface area contributed by atoms with Crippen LogP contribution in [-0.4, -0.2) is 55.1 Å². The van der Waals surface area contributed by atoms with Crippen LogP contribution in [0.25, 0.3) is 0 Å². The number of nitrogens with zero attached hydrogens (tertiary/aromatic N) is 2. The molecule has 1 atom stereocenters. The highest BCUT2D eigenvalue weighted by molar-refractivity contribution is 7.99. The maximum atomic E-state index is 12.4. The van der Waals surface area contributed by atoms with E-state index in [4.69, 9.17) is 4.74 Å². The topological polar surface area (TPSA) is 32.8 Å². The molecule has 0 aromatic heterocycles. The van der Waals surface area contributed by atoms with E-state index in [1.807, 2.05) is 40.9 Å². The summed E-state index contributed by atoms with van der Waals surface area (Å²) in [5.41, 5.74) is 0.940. The van der Waals surface area contributed by atoms with Gasteiger partial charge in [0, 0.05) is 36.6 Å². The van der Waals surface area contributed by atoms with E-state index in [2.05, 4.69) is 4.90 Å². The molecule has 5 heteroatoms. The second-order valence-corrected chi connectivity index (χ2v) is 6.38. The molecule has 0 saturated carbocycles. The normalized spacial score (nSPS) is 24.1. The van der Waals surface area contributed by atoms with E-state index in [1.165, 1.54) is 17.9 Å². The molecule has 0 aliphatic carbocycles. The van der Waals surface area contributed by atoms with Gasteiger partial charge in [-0.25, -0.2) is 0 Å². The van der Waals surface area contributed by atoms with Crippen molar-refractivity contribution in [2.24, 2.45) is 0 Å². The second-order valence-electron chi connectivity index (χ2n) is 5.23. The molecular weight excluding hydrogens is 272 g/mol. The average molecular weight is 292 g/mol. The molecule has 2 fully saturated rings. The van der Waals surface area contributed by atoms with Crippen molar-refractivity contribution in [2.45, 2.75) is 12.5 Å². The van der Waals surface area contributed by atoms with Crippen LogP contribution in [0.2, 0.25) is 0 Å². The molecule has 3 rings (SSSR count). The number of piperazine rings is 1. The van der Waals surface area contributed by atoms with Crippen molar-refractivity contribution in [3.8, 4) is 5.75 Å². The maximum absolute atomic E-state index is 12.4. The summed E-state index contributed by atoms with van der Waals surface area (Å²) in [4.78, 5) is 16.6. The third-order valence-corrected chi connectivity index (χ3v) is 5.18. The molecule has 0 unspecified atom stereocenters. The highest BCUT2D eigenvalue weighted by atomic mass is 32.2. The summed E-state index contributed by atoms with van der Waals surface area (Å²) in [5, 5.41) is 0. The molecule has 0 spiro atoms. The number of hydrogen-bond acceptors (Lipinski definition) is 4. The van der Waals surface area contributed by atoms with Crippen molar-refractivity contribution in [1.29, 1.82) is 0 Å². The van der Waals surface area contributed by atoms with E-state index in [0.29, 0.717) is 12.6 Å². The Hall–Kier alpha value is -1.20. The van der Waals surface area contributed by atoms with Crippen LogP contribution >= 0.6 is 11.8 Å². The summed E-state index contributed by atoms with van der Waals surface area (Å²) in [6, 6.07) is 8.33. The number of benzene rings is 1. The Morgan fingerprint density at radius 3 is 2.95 bits per heavy atom. The predicted octanol–water partition coefficient (Wildman–Crippen LogP) is 1.85. The van der Waals surface area contributed by atoms with E-state index >= 15 is 0 Å². The average Bonchev–Trinajstić information content (AvgIpc) is 3.01. The lowest BCUT2D eigenvalue weighted by Crippen LogP contribution is -2.53. The van der Waals surface area contributed by atoms with Gasteiger partial charge in [0.05, 0.1) is 13.7 Å². The van der Waals surface area contributed by atoms with Gasteiger partial charge >= 0.3 is 0 Å². The van der Waals surface area contributed by atoms with Crippen LogP contribution in [-0.2, 0) is 4.79 Å². The zero-order valence-electron chi connectivity index (χ0n) is 11.7. The summed E-state index contributed by atoms with van der Waals surface area (Å²) in [6.45, 7) is 2.28. The van der Waals surface area contributed by atoms with Crippen molar-refractivity contribution < 1.29 is 9.53 Å². The number of ether oxygens (including phenoxy) is 1. The van der Waals surface area contributed by atoms with Gasteiger partial charge in [0.15, 0.2) is 0 Å². The molecule has 4 nitrogen and oxygen atoms in total. The third-order valence-electron chi connectivity index (χ3n) is 4.04. The van der Waals surface area contributed by atoms with Gasteiger partial charge in [0.25, 0.3) is 0 Å². The SMILES string of the molecule is COc1cccc(N2CCN([C@@H]3CCSC3)CC2=O)c1. The highest BCUT2D eigenvalue weighted by Crippen LogP contribution is 2.26. The van der Waals surface area contributed by atoms with Crippen LogP contribution in [0.5, 0.6) is 5.75 Å². The lowest BCUT2D eigenvalue weighted by atomic mass is 10.1. The lowest BCUT2D eigenvalue weighted by molar-refractivity contribution is -0.121. The Bertz CT molecular complexity index is 489. The fraction of sp³-hybridized carbons (Fsp3) is 0.533. The van der Waals surface area contributed by atoms with Gasteiger partial charge in [0.2, 0.25) is 5.91 Å². The summed E-state index contributed by atoms with van der Waals surface area (Å²) < 4.78 is 5.23. The minimum atomic E-state index is 0.196. The van der Waals surface area contributed by atoms with E-state index < -0.39 is 0 Å². The number of carbonyl (C=O) groups excluding carboxylic acids is 1. The third kappa shape index (κ3) is 2.79. The molecule has 2 saturated heterocycles. The molecule has 108 valence electrons. The maximum Gasteiger partial charge on any atom is 0.241 e. The van der Waals surface area contributed by atoms with Crippen LogP contribution in [0.15, 0.2) is 24.3 Å². The first kappa shape index (κ1) is 13.8. The predicted molar refractivity (Wildman–Crippen MR) is 82.7 cm³/mol. The second kappa shape index (κ2) is 6.06. The summed E-state index contributed by atoms with van der Waals surface area (Å²) >= 11 is 2.00. The van der Waals surface area contributed by atoms with Crippen molar-refractivity contribution in [3.63, 3.8) is 0 Å². The van der Waals surface area contributed by atoms with Gasteiger partial charge < -0.3 is 9.64 Å². The summed E-state index contributed by atoms with van der Waals surface area (Å²) in [7, 11) is 1.65. The van der Waals surface area contributed by atoms with Crippen molar-refractivity contribution in [1.82, 2.24) is 4.90 Å². The molecule has 20 heavy (non-hydrogen) atoms. The van der Waals surface area contributed by atoms with Gasteiger partial charge in [0.1, 0.15) is 5.75 Å². The summed E-state index contributed by atoms with van der Waals surface area (Å²) in [6.07, 6.45) is 1.22.